The number of alkyl halides is 1. The smallest absolute Gasteiger partial charge is 0.138 e. The highest BCUT2D eigenvalue weighted by Crippen LogP contribution is 2.22. The number of rotatable bonds is 5. The predicted molar refractivity (Wildman–Crippen MR) is 74.0 cm³/mol. The first-order valence-electron chi connectivity index (χ1n) is 6.23. The first kappa shape index (κ1) is 13.1. The Morgan fingerprint density at radius 2 is 2.00 bits per heavy atom. The molecule has 0 spiro atoms. The SMILES string of the molecule is CCn1ncnc1CC(CCl)c1ccc(C)cc1. The standard InChI is InChI=1S/C14H18ClN3/c1-3-18-14(16-10-17-18)8-13(9-15)12-6-4-11(2)5-7-12/h4-7,10,13H,3,8-9H2,1-2H3. The van der Waals surface area contributed by atoms with E-state index in [1.54, 1.807) is 6.33 Å². The van der Waals surface area contributed by atoms with Gasteiger partial charge >= 0.3 is 0 Å². The maximum absolute atomic E-state index is 6.10. The Bertz CT molecular complexity index is 490. The average molecular weight is 264 g/mol. The summed E-state index contributed by atoms with van der Waals surface area (Å²) in [5.41, 5.74) is 2.53. The van der Waals surface area contributed by atoms with Gasteiger partial charge in [0.1, 0.15) is 12.2 Å². The second-order valence-electron chi connectivity index (χ2n) is 4.46. The fourth-order valence-corrected chi connectivity index (χ4v) is 2.32. The molecule has 18 heavy (non-hydrogen) atoms. The third-order valence-electron chi connectivity index (χ3n) is 3.16. The van der Waals surface area contributed by atoms with Crippen LogP contribution >= 0.6 is 11.6 Å². The summed E-state index contributed by atoms with van der Waals surface area (Å²) in [6.07, 6.45) is 2.44. The molecule has 1 aromatic carbocycles. The summed E-state index contributed by atoms with van der Waals surface area (Å²) in [6, 6.07) is 8.54. The minimum Gasteiger partial charge on any atom is -0.250 e. The number of nitrogens with zero attached hydrogens (tertiary/aromatic N) is 3. The zero-order valence-corrected chi connectivity index (χ0v) is 11.6. The Morgan fingerprint density at radius 3 is 2.61 bits per heavy atom. The predicted octanol–water partition coefficient (Wildman–Crippen LogP) is 3.17. The molecule has 1 atom stereocenters. The van der Waals surface area contributed by atoms with Crippen molar-refractivity contribution in [3.8, 4) is 0 Å². The van der Waals surface area contributed by atoms with Crippen LogP contribution in [0.3, 0.4) is 0 Å². The molecular formula is C14H18ClN3. The van der Waals surface area contributed by atoms with Gasteiger partial charge in [0.05, 0.1) is 0 Å². The van der Waals surface area contributed by atoms with E-state index >= 15 is 0 Å². The van der Waals surface area contributed by atoms with Gasteiger partial charge in [0, 0.05) is 24.8 Å². The van der Waals surface area contributed by atoms with Gasteiger partial charge in [0.2, 0.25) is 0 Å². The molecule has 2 rings (SSSR count). The lowest BCUT2D eigenvalue weighted by Crippen LogP contribution is -2.11. The topological polar surface area (TPSA) is 30.7 Å². The molecule has 0 saturated carbocycles. The number of benzene rings is 1. The first-order chi connectivity index (χ1) is 8.74. The monoisotopic (exact) mass is 263 g/mol. The summed E-state index contributed by atoms with van der Waals surface area (Å²) >= 11 is 6.10. The van der Waals surface area contributed by atoms with Crippen LogP contribution in [0, 0.1) is 6.92 Å². The van der Waals surface area contributed by atoms with Crippen LogP contribution in [0.1, 0.15) is 29.8 Å². The van der Waals surface area contributed by atoms with Gasteiger partial charge in [0.15, 0.2) is 0 Å². The van der Waals surface area contributed by atoms with E-state index in [0.717, 1.165) is 18.8 Å². The highest BCUT2D eigenvalue weighted by Gasteiger charge is 2.14. The molecule has 3 nitrogen and oxygen atoms in total. The second-order valence-corrected chi connectivity index (χ2v) is 4.77. The summed E-state index contributed by atoms with van der Waals surface area (Å²) in [5.74, 6) is 1.89. The fourth-order valence-electron chi connectivity index (χ4n) is 2.03. The molecule has 0 saturated heterocycles. The van der Waals surface area contributed by atoms with E-state index in [1.165, 1.54) is 11.1 Å². The van der Waals surface area contributed by atoms with Gasteiger partial charge in [-0.05, 0) is 19.4 Å². The molecule has 0 radical (unpaired) electrons. The lowest BCUT2D eigenvalue weighted by atomic mass is 9.96. The van der Waals surface area contributed by atoms with Crippen LogP contribution < -0.4 is 0 Å². The second kappa shape index (κ2) is 6.01. The van der Waals surface area contributed by atoms with E-state index in [1.807, 2.05) is 4.68 Å². The summed E-state index contributed by atoms with van der Waals surface area (Å²) in [7, 11) is 0. The Balaban J connectivity index is 2.17. The zero-order valence-electron chi connectivity index (χ0n) is 10.8. The van der Waals surface area contributed by atoms with Gasteiger partial charge in [-0.25, -0.2) is 4.98 Å². The van der Waals surface area contributed by atoms with Gasteiger partial charge in [-0.15, -0.1) is 11.6 Å². The average Bonchev–Trinajstić information content (AvgIpc) is 2.84. The third kappa shape index (κ3) is 2.91. The number of aromatic nitrogens is 3. The Hall–Kier alpha value is -1.35. The molecule has 0 N–H and O–H groups in total. The molecule has 4 heteroatoms. The normalized spacial score (nSPS) is 12.6. The van der Waals surface area contributed by atoms with Crippen molar-refractivity contribution >= 4 is 11.6 Å². The molecule has 2 aromatic rings. The van der Waals surface area contributed by atoms with Crippen LogP contribution in [0.4, 0.5) is 0 Å². The van der Waals surface area contributed by atoms with E-state index < -0.39 is 0 Å². The molecule has 0 fully saturated rings. The van der Waals surface area contributed by atoms with Crippen LogP contribution in [-0.2, 0) is 13.0 Å². The van der Waals surface area contributed by atoms with E-state index in [4.69, 9.17) is 11.6 Å². The number of halogens is 1. The van der Waals surface area contributed by atoms with Gasteiger partial charge in [-0.3, -0.25) is 4.68 Å². The maximum atomic E-state index is 6.10. The quantitative estimate of drug-likeness (QED) is 0.776. The molecule has 1 heterocycles. The Morgan fingerprint density at radius 1 is 1.28 bits per heavy atom. The number of aryl methyl sites for hydroxylation is 2. The summed E-state index contributed by atoms with van der Waals surface area (Å²) < 4.78 is 1.92. The van der Waals surface area contributed by atoms with Crippen molar-refractivity contribution in [1.82, 2.24) is 14.8 Å². The Kier molecular flexibility index (Phi) is 4.37. The molecule has 1 unspecified atom stereocenters. The molecule has 0 bridgehead atoms. The van der Waals surface area contributed by atoms with Gasteiger partial charge in [0.25, 0.3) is 0 Å². The minimum atomic E-state index is 0.293. The van der Waals surface area contributed by atoms with Crippen LogP contribution in [0.25, 0.3) is 0 Å². The van der Waals surface area contributed by atoms with Crippen LogP contribution in [0.5, 0.6) is 0 Å². The van der Waals surface area contributed by atoms with Crippen molar-refractivity contribution in [1.29, 1.82) is 0 Å². The minimum absolute atomic E-state index is 0.293. The molecule has 0 aliphatic carbocycles. The van der Waals surface area contributed by atoms with Crippen molar-refractivity contribution in [2.24, 2.45) is 0 Å². The van der Waals surface area contributed by atoms with Crippen molar-refractivity contribution < 1.29 is 0 Å². The van der Waals surface area contributed by atoms with Gasteiger partial charge in [-0.2, -0.15) is 5.10 Å². The third-order valence-corrected chi connectivity index (χ3v) is 3.53. The molecule has 0 amide bonds. The largest absolute Gasteiger partial charge is 0.250 e. The fraction of sp³-hybridized carbons (Fsp3) is 0.429. The van der Waals surface area contributed by atoms with Gasteiger partial charge < -0.3 is 0 Å². The van der Waals surface area contributed by atoms with Crippen molar-refractivity contribution in [3.05, 3.63) is 47.5 Å². The molecule has 96 valence electrons. The van der Waals surface area contributed by atoms with E-state index in [2.05, 4.69) is 48.2 Å². The zero-order chi connectivity index (χ0) is 13.0. The molecule has 0 aliphatic heterocycles. The molecule has 1 aromatic heterocycles. The summed E-state index contributed by atoms with van der Waals surface area (Å²) in [6.45, 7) is 5.01. The summed E-state index contributed by atoms with van der Waals surface area (Å²) in [4.78, 5) is 4.31. The molecular weight excluding hydrogens is 246 g/mol. The highest BCUT2D eigenvalue weighted by molar-refractivity contribution is 6.18. The lowest BCUT2D eigenvalue weighted by molar-refractivity contribution is 0.590. The van der Waals surface area contributed by atoms with Crippen molar-refractivity contribution in [3.63, 3.8) is 0 Å². The number of hydrogen-bond donors (Lipinski definition) is 0. The van der Waals surface area contributed by atoms with E-state index in [0.29, 0.717) is 11.8 Å². The molecule has 0 aliphatic rings. The van der Waals surface area contributed by atoms with Crippen molar-refractivity contribution in [2.45, 2.75) is 32.7 Å². The summed E-state index contributed by atoms with van der Waals surface area (Å²) in [5, 5.41) is 4.19. The highest BCUT2D eigenvalue weighted by atomic mass is 35.5. The van der Waals surface area contributed by atoms with E-state index in [-0.39, 0.29) is 0 Å². The number of hydrogen-bond acceptors (Lipinski definition) is 2. The Labute approximate surface area is 113 Å². The van der Waals surface area contributed by atoms with Crippen LogP contribution in [0.2, 0.25) is 0 Å². The van der Waals surface area contributed by atoms with Crippen LogP contribution in [0.15, 0.2) is 30.6 Å². The lowest BCUT2D eigenvalue weighted by Gasteiger charge is -2.14. The first-order valence-corrected chi connectivity index (χ1v) is 6.77. The maximum Gasteiger partial charge on any atom is 0.138 e. The van der Waals surface area contributed by atoms with Gasteiger partial charge in [-0.1, -0.05) is 29.8 Å². The van der Waals surface area contributed by atoms with Crippen LogP contribution in [-0.4, -0.2) is 20.6 Å². The van der Waals surface area contributed by atoms with E-state index in [9.17, 15) is 0 Å². The van der Waals surface area contributed by atoms with Crippen molar-refractivity contribution in [2.75, 3.05) is 5.88 Å².